The van der Waals surface area contributed by atoms with Crippen LogP contribution in [0.3, 0.4) is 0 Å². The summed E-state index contributed by atoms with van der Waals surface area (Å²) in [6, 6.07) is 29.5. The summed E-state index contributed by atoms with van der Waals surface area (Å²) in [6.07, 6.45) is -2.37. The van der Waals surface area contributed by atoms with E-state index in [1.54, 1.807) is 32.9 Å². The lowest BCUT2D eigenvalue weighted by Gasteiger charge is -2.24. The number of alkyl carbamates (subject to hydrolysis) is 1. The molecule has 0 saturated heterocycles. The fraction of sp³-hybridized carbons (Fsp3) is 0.250. The van der Waals surface area contributed by atoms with Crippen LogP contribution >= 0.6 is 0 Å². The molecule has 1 unspecified atom stereocenters. The Morgan fingerprint density at radius 3 is 1.93 bits per heavy atom. The molecule has 0 fully saturated rings. The van der Waals surface area contributed by atoms with Gasteiger partial charge in [0.2, 0.25) is 0 Å². The van der Waals surface area contributed by atoms with E-state index in [1.165, 1.54) is 24.3 Å². The highest BCUT2D eigenvalue weighted by molar-refractivity contribution is 5.90. The number of amides is 1. The van der Waals surface area contributed by atoms with Crippen molar-refractivity contribution in [1.82, 2.24) is 5.32 Å². The molecule has 8 nitrogen and oxygen atoms in total. The Labute approximate surface area is 256 Å². The summed E-state index contributed by atoms with van der Waals surface area (Å²) in [6.45, 7) is 5.29. The van der Waals surface area contributed by atoms with Crippen molar-refractivity contribution < 1.29 is 33.7 Å². The second kappa shape index (κ2) is 13.1. The van der Waals surface area contributed by atoms with Crippen molar-refractivity contribution in [2.75, 3.05) is 6.61 Å². The lowest BCUT2D eigenvalue weighted by Crippen LogP contribution is -2.46. The summed E-state index contributed by atoms with van der Waals surface area (Å²) in [5, 5.41) is 13.8. The van der Waals surface area contributed by atoms with Gasteiger partial charge in [-0.15, -0.1) is 0 Å². The molecule has 8 heteroatoms. The van der Waals surface area contributed by atoms with Crippen molar-refractivity contribution in [2.45, 2.75) is 51.0 Å². The fourth-order valence-electron chi connectivity index (χ4n) is 5.20. The lowest BCUT2D eigenvalue weighted by atomic mass is 9.98. The van der Waals surface area contributed by atoms with Gasteiger partial charge in [0.25, 0.3) is 0 Å². The maximum atomic E-state index is 13.3. The minimum atomic E-state index is -1.49. The van der Waals surface area contributed by atoms with Gasteiger partial charge in [0, 0.05) is 5.92 Å². The largest absolute Gasteiger partial charge is 0.459 e. The molecule has 0 radical (unpaired) electrons. The van der Waals surface area contributed by atoms with Crippen LogP contribution in [0.4, 0.5) is 4.79 Å². The molecule has 44 heavy (non-hydrogen) atoms. The van der Waals surface area contributed by atoms with Crippen molar-refractivity contribution >= 4 is 18.0 Å². The highest BCUT2D eigenvalue weighted by Crippen LogP contribution is 2.44. The molecule has 5 rings (SSSR count). The zero-order valence-corrected chi connectivity index (χ0v) is 24.9. The minimum Gasteiger partial charge on any atom is -0.459 e. The molecule has 1 aliphatic rings. The first-order chi connectivity index (χ1) is 21.1. The van der Waals surface area contributed by atoms with Crippen LogP contribution in [-0.4, -0.2) is 41.4 Å². The van der Waals surface area contributed by atoms with Crippen LogP contribution in [-0.2, 0) is 25.6 Å². The second-order valence-corrected chi connectivity index (χ2v) is 11.6. The average molecular weight is 594 g/mol. The molecule has 4 aromatic carbocycles. The molecule has 226 valence electrons. The number of carbonyl (C=O) groups is 3. The van der Waals surface area contributed by atoms with Gasteiger partial charge in [-0.25, -0.2) is 14.4 Å². The standard InChI is InChI=1S/C36H35NO7/c1-36(2,3)44-33(39)25-19-17-24(18-20-25)32(38)31(34(40)42-21-23-11-5-4-6-12-23)37-35(41)43-22-30-28-15-9-7-13-26(28)27-14-8-10-16-29(27)30/h4-20,30-32,38H,21-22H2,1-3H3,(H,37,41)/t31?,32-/m0/s1. The Morgan fingerprint density at radius 2 is 1.34 bits per heavy atom. The Kier molecular flexibility index (Phi) is 9.11. The average Bonchev–Trinajstić information content (AvgIpc) is 3.34. The van der Waals surface area contributed by atoms with Crippen molar-refractivity contribution in [3.63, 3.8) is 0 Å². The normalized spacial score (nSPS) is 13.6. The molecule has 4 aromatic rings. The molecule has 2 atom stereocenters. The molecule has 1 aliphatic carbocycles. The predicted molar refractivity (Wildman–Crippen MR) is 165 cm³/mol. The topological polar surface area (TPSA) is 111 Å². The van der Waals surface area contributed by atoms with E-state index in [9.17, 15) is 19.5 Å². The maximum Gasteiger partial charge on any atom is 0.407 e. The molecule has 0 spiro atoms. The molecule has 0 aliphatic heterocycles. The molecule has 0 bridgehead atoms. The molecule has 2 N–H and O–H groups in total. The van der Waals surface area contributed by atoms with Gasteiger partial charge in [0.1, 0.15) is 24.9 Å². The first-order valence-corrected chi connectivity index (χ1v) is 14.4. The molecule has 1 amide bonds. The van der Waals surface area contributed by atoms with Gasteiger partial charge in [-0.3, -0.25) is 0 Å². The van der Waals surface area contributed by atoms with Crippen molar-refractivity contribution in [1.29, 1.82) is 0 Å². The lowest BCUT2D eigenvalue weighted by molar-refractivity contribution is -0.150. The maximum absolute atomic E-state index is 13.3. The van der Waals surface area contributed by atoms with E-state index in [2.05, 4.69) is 5.32 Å². The third-order valence-electron chi connectivity index (χ3n) is 7.30. The number of hydrogen-bond acceptors (Lipinski definition) is 7. The van der Waals surface area contributed by atoms with Crippen LogP contribution in [0.25, 0.3) is 11.1 Å². The molecular weight excluding hydrogens is 558 g/mol. The smallest absolute Gasteiger partial charge is 0.407 e. The fourth-order valence-corrected chi connectivity index (χ4v) is 5.20. The molecule has 0 saturated carbocycles. The van der Waals surface area contributed by atoms with Gasteiger partial charge < -0.3 is 24.6 Å². The van der Waals surface area contributed by atoms with E-state index >= 15 is 0 Å². The summed E-state index contributed by atoms with van der Waals surface area (Å²) < 4.78 is 16.5. The quantitative estimate of drug-likeness (QED) is 0.172. The Hall–Kier alpha value is -4.95. The van der Waals surface area contributed by atoms with Crippen molar-refractivity contribution in [3.8, 4) is 11.1 Å². The number of aliphatic hydroxyl groups is 1. The summed E-state index contributed by atoms with van der Waals surface area (Å²) in [5.74, 6) is -1.54. The van der Waals surface area contributed by atoms with Crippen molar-refractivity contribution in [3.05, 3.63) is 131 Å². The third-order valence-corrected chi connectivity index (χ3v) is 7.30. The van der Waals surface area contributed by atoms with E-state index in [4.69, 9.17) is 14.2 Å². The summed E-state index contributed by atoms with van der Waals surface area (Å²) in [4.78, 5) is 38.8. The number of benzene rings is 4. The van der Waals surface area contributed by atoms with Gasteiger partial charge in [-0.2, -0.15) is 0 Å². The van der Waals surface area contributed by atoms with E-state index in [0.29, 0.717) is 0 Å². The Balaban J connectivity index is 1.31. The number of esters is 2. The molecule has 0 aromatic heterocycles. The number of hydrogen-bond donors (Lipinski definition) is 2. The summed E-state index contributed by atoms with van der Waals surface area (Å²) in [5.41, 5.74) is 4.92. The monoisotopic (exact) mass is 593 g/mol. The van der Waals surface area contributed by atoms with Gasteiger partial charge >= 0.3 is 18.0 Å². The number of fused-ring (bicyclic) bond motifs is 3. The number of carbonyl (C=O) groups excluding carboxylic acids is 3. The third kappa shape index (κ3) is 7.15. The van der Waals surface area contributed by atoms with E-state index in [-0.39, 0.29) is 30.3 Å². The molecular formula is C36H35NO7. The highest BCUT2D eigenvalue weighted by atomic mass is 16.6. The first-order valence-electron chi connectivity index (χ1n) is 14.4. The number of ether oxygens (including phenoxy) is 3. The van der Waals surface area contributed by atoms with Crippen LogP contribution in [0, 0.1) is 0 Å². The van der Waals surface area contributed by atoms with Crippen LogP contribution in [0.1, 0.15) is 65.4 Å². The Bertz CT molecular complexity index is 1580. The van der Waals surface area contributed by atoms with Gasteiger partial charge in [-0.1, -0.05) is 91.0 Å². The summed E-state index contributed by atoms with van der Waals surface area (Å²) in [7, 11) is 0. The van der Waals surface area contributed by atoms with Crippen LogP contribution < -0.4 is 5.32 Å². The highest BCUT2D eigenvalue weighted by Gasteiger charge is 2.34. The zero-order chi connectivity index (χ0) is 31.3. The first kappa shape index (κ1) is 30.5. The number of rotatable bonds is 9. The number of aliphatic hydroxyl groups excluding tert-OH is 1. The van der Waals surface area contributed by atoms with Gasteiger partial charge in [0.05, 0.1) is 5.56 Å². The van der Waals surface area contributed by atoms with E-state index < -0.39 is 35.8 Å². The van der Waals surface area contributed by atoms with Crippen LogP contribution in [0.2, 0.25) is 0 Å². The van der Waals surface area contributed by atoms with Gasteiger partial charge in [0.15, 0.2) is 6.04 Å². The van der Waals surface area contributed by atoms with Crippen LogP contribution in [0.5, 0.6) is 0 Å². The predicted octanol–water partition coefficient (Wildman–Crippen LogP) is 6.33. The Morgan fingerprint density at radius 1 is 0.773 bits per heavy atom. The SMILES string of the molecule is CC(C)(C)OC(=O)c1ccc([C@H](O)C(NC(=O)OCC2c3ccccc3-c3ccccc32)C(=O)OCc2ccccc2)cc1. The van der Waals surface area contributed by atoms with Gasteiger partial charge in [-0.05, 0) is 66.3 Å². The second-order valence-electron chi connectivity index (χ2n) is 11.6. The zero-order valence-electron chi connectivity index (χ0n) is 24.9. The van der Waals surface area contributed by atoms with Crippen molar-refractivity contribution in [2.24, 2.45) is 0 Å². The van der Waals surface area contributed by atoms with E-state index in [1.807, 2.05) is 66.7 Å². The summed E-state index contributed by atoms with van der Waals surface area (Å²) >= 11 is 0. The van der Waals surface area contributed by atoms with Crippen LogP contribution in [0.15, 0.2) is 103 Å². The minimum absolute atomic E-state index is 0.0341. The molecule has 0 heterocycles. The van der Waals surface area contributed by atoms with E-state index in [0.717, 1.165) is 27.8 Å². The number of nitrogens with one attached hydrogen (secondary N) is 1.